The molecule has 0 aromatic heterocycles. The van der Waals surface area contributed by atoms with Crippen LogP contribution in [0.3, 0.4) is 0 Å². The molecule has 1 fully saturated rings. The standard InChI is InChI=1S/C14H20F3N3O2S/c1-18-23(21,22)20-8-2-7-19(9-10-20)11-12-3-5-13(6-4-12)14(15,16)17/h3-6,18H,2,7-11H2,1H3. The van der Waals surface area contributed by atoms with Gasteiger partial charge in [-0.1, -0.05) is 12.1 Å². The van der Waals surface area contributed by atoms with Gasteiger partial charge in [0, 0.05) is 33.2 Å². The smallest absolute Gasteiger partial charge is 0.298 e. The van der Waals surface area contributed by atoms with Crippen LogP contribution in [-0.2, 0) is 22.9 Å². The van der Waals surface area contributed by atoms with Gasteiger partial charge in [-0.3, -0.25) is 4.90 Å². The molecular weight excluding hydrogens is 331 g/mol. The largest absolute Gasteiger partial charge is 0.416 e. The Morgan fingerprint density at radius 2 is 1.74 bits per heavy atom. The van der Waals surface area contributed by atoms with Crippen LogP contribution in [-0.4, -0.2) is 50.8 Å². The van der Waals surface area contributed by atoms with Gasteiger partial charge in [-0.25, -0.2) is 4.72 Å². The minimum Gasteiger partial charge on any atom is -0.298 e. The summed E-state index contributed by atoms with van der Waals surface area (Å²) >= 11 is 0. The lowest BCUT2D eigenvalue weighted by Gasteiger charge is -2.21. The third-order valence-electron chi connectivity index (χ3n) is 3.83. The SMILES string of the molecule is CNS(=O)(=O)N1CCCN(Cc2ccc(C(F)(F)F)cc2)CC1. The average molecular weight is 351 g/mol. The Hall–Kier alpha value is -1.16. The van der Waals surface area contributed by atoms with E-state index in [0.717, 1.165) is 17.7 Å². The Kier molecular flexibility index (Phi) is 5.66. The van der Waals surface area contributed by atoms with E-state index in [2.05, 4.69) is 4.72 Å². The van der Waals surface area contributed by atoms with Gasteiger partial charge in [-0.05, 0) is 30.7 Å². The molecule has 1 saturated heterocycles. The van der Waals surface area contributed by atoms with E-state index in [9.17, 15) is 21.6 Å². The average Bonchev–Trinajstić information content (AvgIpc) is 2.73. The topological polar surface area (TPSA) is 52.7 Å². The molecule has 1 aliphatic heterocycles. The quantitative estimate of drug-likeness (QED) is 0.898. The van der Waals surface area contributed by atoms with Crippen LogP contribution in [0.4, 0.5) is 13.2 Å². The first-order valence-corrected chi connectivity index (χ1v) is 8.73. The summed E-state index contributed by atoms with van der Waals surface area (Å²) in [6, 6.07) is 5.08. The summed E-state index contributed by atoms with van der Waals surface area (Å²) in [5.41, 5.74) is 0.117. The highest BCUT2D eigenvalue weighted by Crippen LogP contribution is 2.29. The van der Waals surface area contributed by atoms with Gasteiger partial charge in [-0.2, -0.15) is 25.9 Å². The molecule has 0 bridgehead atoms. The number of nitrogens with zero attached hydrogens (tertiary/aromatic N) is 2. The summed E-state index contributed by atoms with van der Waals surface area (Å²) in [6.45, 7) is 2.56. The van der Waals surface area contributed by atoms with Crippen molar-refractivity contribution in [2.24, 2.45) is 0 Å². The third-order valence-corrected chi connectivity index (χ3v) is 5.39. The van der Waals surface area contributed by atoms with Crippen LogP contribution >= 0.6 is 0 Å². The second-order valence-electron chi connectivity index (χ2n) is 5.43. The molecule has 1 aromatic carbocycles. The molecule has 0 radical (unpaired) electrons. The normalized spacial score (nSPS) is 18.8. The molecule has 0 atom stereocenters. The van der Waals surface area contributed by atoms with Gasteiger partial charge in [0.2, 0.25) is 0 Å². The molecule has 23 heavy (non-hydrogen) atoms. The first-order valence-electron chi connectivity index (χ1n) is 7.29. The molecule has 0 amide bonds. The van der Waals surface area contributed by atoms with Crippen LogP contribution in [0.25, 0.3) is 0 Å². The Bertz CT molecular complexity index is 617. The van der Waals surface area contributed by atoms with Gasteiger partial charge in [0.1, 0.15) is 0 Å². The predicted octanol–water partition coefficient (Wildman–Crippen LogP) is 1.68. The highest BCUT2D eigenvalue weighted by atomic mass is 32.2. The van der Waals surface area contributed by atoms with E-state index in [1.165, 1.54) is 23.5 Å². The van der Waals surface area contributed by atoms with Gasteiger partial charge in [0.15, 0.2) is 0 Å². The van der Waals surface area contributed by atoms with E-state index in [4.69, 9.17) is 0 Å². The van der Waals surface area contributed by atoms with Crippen molar-refractivity contribution in [3.63, 3.8) is 0 Å². The molecule has 1 heterocycles. The maximum Gasteiger partial charge on any atom is 0.416 e. The molecule has 0 spiro atoms. The lowest BCUT2D eigenvalue weighted by atomic mass is 10.1. The first-order chi connectivity index (χ1) is 10.7. The molecule has 0 unspecified atom stereocenters. The van der Waals surface area contributed by atoms with Crippen molar-refractivity contribution in [2.45, 2.75) is 19.1 Å². The molecule has 9 heteroatoms. The summed E-state index contributed by atoms with van der Waals surface area (Å²) < 4.78 is 64.9. The van der Waals surface area contributed by atoms with E-state index in [1.54, 1.807) is 0 Å². The number of alkyl halides is 3. The molecule has 5 nitrogen and oxygen atoms in total. The van der Waals surface area contributed by atoms with Crippen molar-refractivity contribution in [3.8, 4) is 0 Å². The summed E-state index contributed by atoms with van der Waals surface area (Å²) in [6.07, 6.45) is -3.65. The zero-order valence-electron chi connectivity index (χ0n) is 12.8. The second-order valence-corrected chi connectivity index (χ2v) is 7.31. The van der Waals surface area contributed by atoms with Crippen molar-refractivity contribution in [1.82, 2.24) is 13.9 Å². The van der Waals surface area contributed by atoms with Crippen molar-refractivity contribution in [3.05, 3.63) is 35.4 Å². The Morgan fingerprint density at radius 3 is 2.30 bits per heavy atom. The molecule has 0 saturated carbocycles. The Labute approximate surface area is 134 Å². The first kappa shape index (κ1) is 18.2. The van der Waals surface area contributed by atoms with Crippen molar-refractivity contribution in [2.75, 3.05) is 33.2 Å². The summed E-state index contributed by atoms with van der Waals surface area (Å²) in [5.74, 6) is 0. The monoisotopic (exact) mass is 351 g/mol. The summed E-state index contributed by atoms with van der Waals surface area (Å²) in [4.78, 5) is 2.05. The van der Waals surface area contributed by atoms with Crippen LogP contribution in [0.2, 0.25) is 0 Å². The van der Waals surface area contributed by atoms with E-state index in [1.807, 2.05) is 4.90 Å². The second kappa shape index (κ2) is 7.16. The van der Waals surface area contributed by atoms with E-state index >= 15 is 0 Å². The number of benzene rings is 1. The Morgan fingerprint density at radius 1 is 1.09 bits per heavy atom. The van der Waals surface area contributed by atoms with Gasteiger partial charge < -0.3 is 0 Å². The zero-order chi connectivity index (χ0) is 17.1. The van der Waals surface area contributed by atoms with Crippen molar-refractivity contribution >= 4 is 10.2 Å². The highest BCUT2D eigenvalue weighted by molar-refractivity contribution is 7.87. The summed E-state index contributed by atoms with van der Waals surface area (Å²) in [5, 5.41) is 0. The maximum atomic E-state index is 12.5. The van der Waals surface area contributed by atoms with Crippen LogP contribution in [0.15, 0.2) is 24.3 Å². The van der Waals surface area contributed by atoms with Crippen LogP contribution in [0.1, 0.15) is 17.5 Å². The van der Waals surface area contributed by atoms with Crippen LogP contribution in [0.5, 0.6) is 0 Å². The molecule has 1 aliphatic rings. The molecule has 2 rings (SSSR count). The number of hydrogen-bond donors (Lipinski definition) is 1. The van der Waals surface area contributed by atoms with Crippen molar-refractivity contribution < 1.29 is 21.6 Å². The lowest BCUT2D eigenvalue weighted by molar-refractivity contribution is -0.137. The number of halogens is 3. The Balaban J connectivity index is 1.96. The maximum absolute atomic E-state index is 12.5. The van der Waals surface area contributed by atoms with Crippen LogP contribution < -0.4 is 4.72 Å². The lowest BCUT2D eigenvalue weighted by Crippen LogP contribution is -2.41. The van der Waals surface area contributed by atoms with E-state index in [-0.39, 0.29) is 0 Å². The van der Waals surface area contributed by atoms with E-state index < -0.39 is 21.9 Å². The molecule has 1 aromatic rings. The van der Waals surface area contributed by atoms with Crippen molar-refractivity contribution in [1.29, 1.82) is 0 Å². The molecule has 130 valence electrons. The molecule has 0 aliphatic carbocycles. The van der Waals surface area contributed by atoms with Gasteiger partial charge in [-0.15, -0.1) is 0 Å². The molecular formula is C14H20F3N3O2S. The zero-order valence-corrected chi connectivity index (χ0v) is 13.6. The third kappa shape index (κ3) is 4.90. The van der Waals surface area contributed by atoms with Gasteiger partial charge in [0.05, 0.1) is 5.56 Å². The number of nitrogens with one attached hydrogen (secondary N) is 1. The fourth-order valence-electron chi connectivity index (χ4n) is 2.53. The highest BCUT2D eigenvalue weighted by Gasteiger charge is 2.30. The van der Waals surface area contributed by atoms with Gasteiger partial charge in [0.25, 0.3) is 10.2 Å². The van der Waals surface area contributed by atoms with Gasteiger partial charge >= 0.3 is 6.18 Å². The fraction of sp³-hybridized carbons (Fsp3) is 0.571. The molecule has 1 N–H and O–H groups in total. The number of rotatable bonds is 4. The number of hydrogen-bond acceptors (Lipinski definition) is 3. The summed E-state index contributed by atoms with van der Waals surface area (Å²) in [7, 11) is -2.06. The van der Waals surface area contributed by atoms with Crippen LogP contribution in [0, 0.1) is 0 Å². The predicted molar refractivity (Wildman–Crippen MR) is 80.9 cm³/mol. The fourth-order valence-corrected chi connectivity index (χ4v) is 3.48. The minimum atomic E-state index is -4.33. The minimum absolute atomic E-state index is 0.365. The van der Waals surface area contributed by atoms with E-state index in [0.29, 0.717) is 39.1 Å².